The topological polar surface area (TPSA) is 64.8 Å². The SMILES string of the molecule is N#Cc1cnc(NCCN2CCSCC2)cn1. The van der Waals surface area contributed by atoms with E-state index in [1.807, 2.05) is 17.8 Å². The molecule has 0 unspecified atom stereocenters. The van der Waals surface area contributed by atoms with Crippen LogP contribution in [0, 0.1) is 11.3 Å². The molecule has 0 amide bonds. The van der Waals surface area contributed by atoms with E-state index in [1.54, 1.807) is 6.20 Å². The lowest BCUT2D eigenvalue weighted by atomic mass is 10.4. The van der Waals surface area contributed by atoms with Gasteiger partial charge in [-0.15, -0.1) is 0 Å². The number of nitrogens with one attached hydrogen (secondary N) is 1. The monoisotopic (exact) mass is 249 g/mol. The van der Waals surface area contributed by atoms with Crippen LogP contribution in [0.4, 0.5) is 5.82 Å². The van der Waals surface area contributed by atoms with E-state index in [2.05, 4.69) is 20.2 Å². The largest absolute Gasteiger partial charge is 0.368 e. The van der Waals surface area contributed by atoms with Gasteiger partial charge in [0.15, 0.2) is 5.69 Å². The van der Waals surface area contributed by atoms with Gasteiger partial charge in [0.2, 0.25) is 0 Å². The summed E-state index contributed by atoms with van der Waals surface area (Å²) < 4.78 is 0. The van der Waals surface area contributed by atoms with Crippen molar-refractivity contribution < 1.29 is 0 Å². The lowest BCUT2D eigenvalue weighted by Gasteiger charge is -2.26. The maximum Gasteiger partial charge on any atom is 0.158 e. The molecule has 90 valence electrons. The van der Waals surface area contributed by atoms with Gasteiger partial charge in [-0.1, -0.05) is 0 Å². The van der Waals surface area contributed by atoms with Gasteiger partial charge in [0.1, 0.15) is 11.9 Å². The second kappa shape index (κ2) is 6.42. The Bertz CT molecular complexity index is 380. The minimum Gasteiger partial charge on any atom is -0.368 e. The van der Waals surface area contributed by atoms with Crippen molar-refractivity contribution in [3.63, 3.8) is 0 Å². The maximum absolute atomic E-state index is 8.59. The molecule has 0 aliphatic carbocycles. The number of anilines is 1. The smallest absolute Gasteiger partial charge is 0.158 e. The summed E-state index contributed by atoms with van der Waals surface area (Å²) in [5.74, 6) is 3.20. The van der Waals surface area contributed by atoms with Gasteiger partial charge in [0.25, 0.3) is 0 Å². The molecule has 5 nitrogen and oxygen atoms in total. The molecule has 0 saturated carbocycles. The quantitative estimate of drug-likeness (QED) is 0.852. The Morgan fingerprint density at radius 2 is 2.18 bits per heavy atom. The van der Waals surface area contributed by atoms with Gasteiger partial charge in [-0.3, -0.25) is 4.90 Å². The predicted octanol–water partition coefficient (Wildman–Crippen LogP) is 0.809. The van der Waals surface area contributed by atoms with Gasteiger partial charge in [-0.25, -0.2) is 9.97 Å². The number of aromatic nitrogens is 2. The van der Waals surface area contributed by atoms with Gasteiger partial charge in [0.05, 0.1) is 12.4 Å². The Morgan fingerprint density at radius 1 is 1.35 bits per heavy atom. The fourth-order valence-corrected chi connectivity index (χ4v) is 2.62. The van der Waals surface area contributed by atoms with Crippen LogP contribution in [0.25, 0.3) is 0 Å². The van der Waals surface area contributed by atoms with Crippen molar-refractivity contribution in [3.8, 4) is 6.07 Å². The molecule has 0 radical (unpaired) electrons. The molecule has 6 heteroatoms. The number of hydrogen-bond donors (Lipinski definition) is 1. The van der Waals surface area contributed by atoms with Crippen LogP contribution in [-0.2, 0) is 0 Å². The standard InChI is InChI=1S/C11H15N5S/c12-7-10-8-15-11(9-14-10)13-1-2-16-3-5-17-6-4-16/h8-9H,1-6H2,(H,13,15). The van der Waals surface area contributed by atoms with E-state index in [4.69, 9.17) is 5.26 Å². The lowest BCUT2D eigenvalue weighted by Crippen LogP contribution is -2.36. The molecular formula is C11H15N5S. The molecule has 1 aromatic rings. The molecule has 0 spiro atoms. The number of nitrogens with zero attached hydrogens (tertiary/aromatic N) is 4. The van der Waals surface area contributed by atoms with Crippen LogP contribution >= 0.6 is 11.8 Å². The second-order valence-corrected chi connectivity index (χ2v) is 5.00. The summed E-state index contributed by atoms with van der Waals surface area (Å²) in [6.07, 6.45) is 3.09. The zero-order chi connectivity index (χ0) is 11.9. The predicted molar refractivity (Wildman–Crippen MR) is 69.0 cm³/mol. The molecule has 2 rings (SSSR count). The van der Waals surface area contributed by atoms with E-state index in [-0.39, 0.29) is 0 Å². The molecule has 1 fully saturated rings. The van der Waals surface area contributed by atoms with Crippen LogP contribution in [0.2, 0.25) is 0 Å². The van der Waals surface area contributed by atoms with E-state index in [9.17, 15) is 0 Å². The summed E-state index contributed by atoms with van der Waals surface area (Å²) in [6, 6.07) is 1.95. The van der Waals surface area contributed by atoms with Crippen molar-refractivity contribution in [1.82, 2.24) is 14.9 Å². The summed E-state index contributed by atoms with van der Waals surface area (Å²) in [6.45, 7) is 4.24. The highest BCUT2D eigenvalue weighted by atomic mass is 32.2. The maximum atomic E-state index is 8.59. The van der Waals surface area contributed by atoms with E-state index in [1.165, 1.54) is 30.8 Å². The molecular weight excluding hydrogens is 234 g/mol. The van der Waals surface area contributed by atoms with Gasteiger partial charge >= 0.3 is 0 Å². The molecule has 1 aliphatic rings. The van der Waals surface area contributed by atoms with Crippen LogP contribution in [0.5, 0.6) is 0 Å². The van der Waals surface area contributed by atoms with E-state index >= 15 is 0 Å². The first-order valence-corrected chi connectivity index (χ1v) is 6.80. The van der Waals surface area contributed by atoms with Crippen LogP contribution in [-0.4, -0.2) is 52.6 Å². The van der Waals surface area contributed by atoms with Crippen molar-refractivity contribution in [2.75, 3.05) is 43.0 Å². The van der Waals surface area contributed by atoms with Crippen molar-refractivity contribution in [2.24, 2.45) is 0 Å². The molecule has 1 aliphatic heterocycles. The molecule has 2 heterocycles. The summed E-state index contributed by atoms with van der Waals surface area (Å²) in [5.41, 5.74) is 0.351. The Labute approximate surface area is 105 Å². The summed E-state index contributed by atoms with van der Waals surface area (Å²) in [7, 11) is 0. The zero-order valence-electron chi connectivity index (χ0n) is 9.59. The molecule has 1 aromatic heterocycles. The molecule has 0 aromatic carbocycles. The van der Waals surface area contributed by atoms with Gasteiger partial charge < -0.3 is 5.32 Å². The zero-order valence-corrected chi connectivity index (χ0v) is 10.4. The van der Waals surface area contributed by atoms with E-state index in [0.717, 1.165) is 18.9 Å². The Hall–Kier alpha value is -1.32. The van der Waals surface area contributed by atoms with Crippen LogP contribution in [0.3, 0.4) is 0 Å². The van der Waals surface area contributed by atoms with Crippen LogP contribution in [0.15, 0.2) is 12.4 Å². The highest BCUT2D eigenvalue weighted by molar-refractivity contribution is 7.99. The molecule has 1 N–H and O–H groups in total. The fraction of sp³-hybridized carbons (Fsp3) is 0.545. The minimum atomic E-state index is 0.351. The molecule has 1 saturated heterocycles. The number of nitriles is 1. The van der Waals surface area contributed by atoms with Crippen molar-refractivity contribution in [3.05, 3.63) is 18.1 Å². The normalized spacial score (nSPS) is 16.4. The third kappa shape index (κ3) is 3.88. The Morgan fingerprint density at radius 3 is 2.82 bits per heavy atom. The molecule has 0 bridgehead atoms. The molecule has 17 heavy (non-hydrogen) atoms. The van der Waals surface area contributed by atoms with Gasteiger partial charge in [-0.05, 0) is 0 Å². The number of hydrogen-bond acceptors (Lipinski definition) is 6. The van der Waals surface area contributed by atoms with Crippen molar-refractivity contribution in [2.45, 2.75) is 0 Å². The minimum absolute atomic E-state index is 0.351. The summed E-state index contributed by atoms with van der Waals surface area (Å²) >= 11 is 2.02. The first kappa shape index (κ1) is 12.1. The van der Waals surface area contributed by atoms with Gasteiger partial charge in [0, 0.05) is 37.7 Å². The first-order valence-electron chi connectivity index (χ1n) is 5.64. The Kier molecular flexibility index (Phi) is 4.59. The summed E-state index contributed by atoms with van der Waals surface area (Å²) in [4.78, 5) is 10.5. The van der Waals surface area contributed by atoms with Gasteiger partial charge in [-0.2, -0.15) is 17.0 Å². The summed E-state index contributed by atoms with van der Waals surface area (Å²) in [5, 5.41) is 11.8. The third-order valence-electron chi connectivity index (χ3n) is 2.60. The van der Waals surface area contributed by atoms with Crippen molar-refractivity contribution in [1.29, 1.82) is 5.26 Å². The van der Waals surface area contributed by atoms with E-state index in [0.29, 0.717) is 5.69 Å². The highest BCUT2D eigenvalue weighted by Gasteiger charge is 2.09. The van der Waals surface area contributed by atoms with Crippen LogP contribution < -0.4 is 5.32 Å². The van der Waals surface area contributed by atoms with Crippen LogP contribution in [0.1, 0.15) is 5.69 Å². The third-order valence-corrected chi connectivity index (χ3v) is 3.55. The highest BCUT2D eigenvalue weighted by Crippen LogP contribution is 2.08. The average Bonchev–Trinajstić information content (AvgIpc) is 2.41. The number of thioether (sulfide) groups is 1. The number of rotatable bonds is 4. The first-order chi connectivity index (χ1) is 8.38. The fourth-order valence-electron chi connectivity index (χ4n) is 1.64. The Balaban J connectivity index is 1.72. The average molecular weight is 249 g/mol. The molecule has 0 atom stereocenters. The van der Waals surface area contributed by atoms with E-state index < -0.39 is 0 Å². The second-order valence-electron chi connectivity index (χ2n) is 3.78. The van der Waals surface area contributed by atoms with Crippen molar-refractivity contribution >= 4 is 17.6 Å². The lowest BCUT2D eigenvalue weighted by molar-refractivity contribution is 0.314.